The quantitative estimate of drug-likeness (QED) is 0.853. The standard InChI is InChI=1S/C15H23N3O4S/c1-10(12-16-5-6-23-12)17-15(7-11(19)20)8-18(9-15)13(21)22-14(2,3)4/h5-6,10,17H,7-9H2,1-4H3,(H,19,20). The van der Waals surface area contributed by atoms with Crippen LogP contribution in [0.2, 0.25) is 0 Å². The molecule has 8 heteroatoms. The van der Waals surface area contributed by atoms with Crippen molar-refractivity contribution >= 4 is 23.4 Å². The van der Waals surface area contributed by atoms with Gasteiger partial charge in [-0.05, 0) is 27.7 Å². The van der Waals surface area contributed by atoms with Crippen molar-refractivity contribution < 1.29 is 19.4 Å². The highest BCUT2D eigenvalue weighted by Crippen LogP contribution is 2.30. The number of rotatable bonds is 5. The van der Waals surface area contributed by atoms with Gasteiger partial charge in [0, 0.05) is 24.7 Å². The van der Waals surface area contributed by atoms with Crippen LogP contribution in [0.25, 0.3) is 0 Å². The molecule has 2 rings (SSSR count). The largest absolute Gasteiger partial charge is 0.481 e. The van der Waals surface area contributed by atoms with Crippen molar-refractivity contribution in [3.63, 3.8) is 0 Å². The van der Waals surface area contributed by atoms with Gasteiger partial charge in [-0.15, -0.1) is 11.3 Å². The normalized spacial score (nSPS) is 18.2. The van der Waals surface area contributed by atoms with Crippen LogP contribution in [0, 0.1) is 0 Å². The maximum atomic E-state index is 12.0. The third-order valence-electron chi connectivity index (χ3n) is 3.47. The molecule has 128 valence electrons. The summed E-state index contributed by atoms with van der Waals surface area (Å²) in [4.78, 5) is 29.0. The number of nitrogens with one attached hydrogen (secondary N) is 1. The Bertz CT molecular complexity index is 562. The summed E-state index contributed by atoms with van der Waals surface area (Å²) in [7, 11) is 0. The van der Waals surface area contributed by atoms with Gasteiger partial charge in [-0.2, -0.15) is 0 Å². The molecule has 23 heavy (non-hydrogen) atoms. The van der Waals surface area contributed by atoms with Crippen molar-refractivity contribution in [1.29, 1.82) is 0 Å². The first-order chi connectivity index (χ1) is 10.6. The van der Waals surface area contributed by atoms with Gasteiger partial charge in [0.25, 0.3) is 0 Å². The predicted octanol–water partition coefficient (Wildman–Crippen LogP) is 2.26. The molecule has 1 aliphatic rings. The van der Waals surface area contributed by atoms with E-state index in [2.05, 4.69) is 10.3 Å². The lowest BCUT2D eigenvalue weighted by molar-refractivity contribution is -0.141. The maximum absolute atomic E-state index is 12.0. The number of carbonyl (C=O) groups is 2. The minimum absolute atomic E-state index is 0.0536. The number of aromatic nitrogens is 1. The van der Waals surface area contributed by atoms with Crippen molar-refractivity contribution in [3.05, 3.63) is 16.6 Å². The van der Waals surface area contributed by atoms with Gasteiger partial charge in [-0.1, -0.05) is 0 Å². The Morgan fingerprint density at radius 2 is 2.17 bits per heavy atom. The van der Waals surface area contributed by atoms with Crippen LogP contribution in [0.4, 0.5) is 4.79 Å². The zero-order chi connectivity index (χ0) is 17.3. The number of hydrogen-bond donors (Lipinski definition) is 2. The second-order valence-electron chi connectivity index (χ2n) is 6.92. The van der Waals surface area contributed by atoms with E-state index in [9.17, 15) is 14.7 Å². The van der Waals surface area contributed by atoms with E-state index in [1.807, 2.05) is 12.3 Å². The Labute approximate surface area is 139 Å². The van der Waals surface area contributed by atoms with Crippen LogP contribution in [0.1, 0.15) is 45.2 Å². The molecule has 1 fully saturated rings. The Balaban J connectivity index is 2.00. The first kappa shape index (κ1) is 17.7. The zero-order valence-corrected chi connectivity index (χ0v) is 14.6. The molecule has 0 saturated carbocycles. The van der Waals surface area contributed by atoms with Crippen molar-refractivity contribution in [3.8, 4) is 0 Å². The number of carboxylic acids is 1. The van der Waals surface area contributed by atoms with E-state index in [1.54, 1.807) is 27.0 Å². The highest BCUT2D eigenvalue weighted by molar-refractivity contribution is 7.09. The second kappa shape index (κ2) is 6.45. The molecule has 1 aliphatic heterocycles. The predicted molar refractivity (Wildman–Crippen MR) is 86.5 cm³/mol. The summed E-state index contributed by atoms with van der Waals surface area (Å²) in [5, 5.41) is 15.3. The van der Waals surface area contributed by atoms with E-state index in [0.717, 1.165) is 5.01 Å². The summed E-state index contributed by atoms with van der Waals surface area (Å²) in [5.41, 5.74) is -1.21. The summed E-state index contributed by atoms with van der Waals surface area (Å²) in [6, 6.07) is -0.0739. The van der Waals surface area contributed by atoms with E-state index < -0.39 is 23.2 Å². The van der Waals surface area contributed by atoms with Crippen LogP contribution in [0.15, 0.2) is 11.6 Å². The number of hydrogen-bond acceptors (Lipinski definition) is 6. The van der Waals surface area contributed by atoms with Gasteiger partial charge in [-0.3, -0.25) is 10.1 Å². The number of nitrogens with zero attached hydrogens (tertiary/aromatic N) is 2. The fourth-order valence-corrected chi connectivity index (χ4v) is 3.30. The lowest BCUT2D eigenvalue weighted by atomic mass is 9.85. The van der Waals surface area contributed by atoms with Crippen LogP contribution in [-0.2, 0) is 9.53 Å². The molecule has 1 unspecified atom stereocenters. The smallest absolute Gasteiger partial charge is 0.410 e. The van der Waals surface area contributed by atoms with Gasteiger partial charge in [0.05, 0.1) is 18.0 Å². The Morgan fingerprint density at radius 1 is 1.52 bits per heavy atom. The third-order valence-corrected chi connectivity index (χ3v) is 4.43. The second-order valence-corrected chi connectivity index (χ2v) is 7.85. The summed E-state index contributed by atoms with van der Waals surface area (Å²) in [6.07, 6.45) is 1.25. The number of ether oxygens (including phenoxy) is 1. The molecule has 0 aromatic carbocycles. The van der Waals surface area contributed by atoms with E-state index >= 15 is 0 Å². The topological polar surface area (TPSA) is 91.8 Å². The van der Waals surface area contributed by atoms with E-state index in [0.29, 0.717) is 13.1 Å². The molecule has 2 heterocycles. The summed E-state index contributed by atoms with van der Waals surface area (Å²) in [5.74, 6) is -0.896. The van der Waals surface area contributed by atoms with Gasteiger partial charge in [-0.25, -0.2) is 9.78 Å². The highest BCUT2D eigenvalue weighted by Gasteiger charge is 2.48. The average molecular weight is 341 g/mol. The molecule has 1 aromatic rings. The molecular weight excluding hydrogens is 318 g/mol. The first-order valence-electron chi connectivity index (χ1n) is 7.47. The molecule has 1 atom stereocenters. The Hall–Kier alpha value is -1.67. The summed E-state index contributed by atoms with van der Waals surface area (Å²) in [6.45, 7) is 7.97. The number of carboxylic acid groups (broad SMARTS) is 1. The van der Waals surface area contributed by atoms with E-state index in [4.69, 9.17) is 4.74 Å². The van der Waals surface area contributed by atoms with Gasteiger partial charge in [0.1, 0.15) is 10.6 Å². The minimum atomic E-state index is -0.896. The molecule has 1 amide bonds. The molecular formula is C15H23N3O4S. The van der Waals surface area contributed by atoms with E-state index in [-0.39, 0.29) is 12.5 Å². The van der Waals surface area contributed by atoms with Crippen LogP contribution in [0.5, 0.6) is 0 Å². The average Bonchev–Trinajstić information content (AvgIpc) is 2.85. The number of carbonyl (C=O) groups excluding carboxylic acids is 1. The SMILES string of the molecule is CC(NC1(CC(=O)O)CN(C(=O)OC(C)(C)C)C1)c1nccs1. The highest BCUT2D eigenvalue weighted by atomic mass is 32.1. The van der Waals surface area contributed by atoms with Gasteiger partial charge in [0.15, 0.2) is 0 Å². The summed E-state index contributed by atoms with van der Waals surface area (Å²) >= 11 is 1.51. The van der Waals surface area contributed by atoms with Gasteiger partial charge in [0.2, 0.25) is 0 Å². The van der Waals surface area contributed by atoms with Crippen LogP contribution in [0.3, 0.4) is 0 Å². The molecule has 0 spiro atoms. The lowest BCUT2D eigenvalue weighted by Gasteiger charge is -2.50. The Morgan fingerprint density at radius 3 is 2.65 bits per heavy atom. The zero-order valence-electron chi connectivity index (χ0n) is 13.8. The monoisotopic (exact) mass is 341 g/mol. The van der Waals surface area contributed by atoms with Gasteiger partial charge < -0.3 is 14.7 Å². The van der Waals surface area contributed by atoms with Crippen molar-refractivity contribution in [2.24, 2.45) is 0 Å². The first-order valence-corrected chi connectivity index (χ1v) is 8.35. The Kier molecular flexibility index (Phi) is 4.95. The molecule has 0 aliphatic carbocycles. The van der Waals surface area contributed by atoms with Crippen molar-refractivity contribution in [1.82, 2.24) is 15.2 Å². The number of amides is 1. The third kappa shape index (κ3) is 4.65. The number of aliphatic carboxylic acids is 1. The molecule has 0 bridgehead atoms. The number of likely N-dealkylation sites (tertiary alicyclic amines) is 1. The van der Waals surface area contributed by atoms with Gasteiger partial charge >= 0.3 is 12.1 Å². The lowest BCUT2D eigenvalue weighted by Crippen LogP contribution is -2.71. The fourth-order valence-electron chi connectivity index (χ4n) is 2.65. The summed E-state index contributed by atoms with van der Waals surface area (Å²) < 4.78 is 5.32. The molecule has 1 aromatic heterocycles. The van der Waals surface area contributed by atoms with Crippen LogP contribution in [-0.4, -0.2) is 51.3 Å². The van der Waals surface area contributed by atoms with Crippen LogP contribution < -0.4 is 5.32 Å². The van der Waals surface area contributed by atoms with Crippen LogP contribution >= 0.6 is 11.3 Å². The minimum Gasteiger partial charge on any atom is -0.481 e. The fraction of sp³-hybridized carbons (Fsp3) is 0.667. The maximum Gasteiger partial charge on any atom is 0.410 e. The molecule has 1 saturated heterocycles. The van der Waals surface area contributed by atoms with Crippen molar-refractivity contribution in [2.75, 3.05) is 13.1 Å². The molecule has 2 N–H and O–H groups in total. The molecule has 0 radical (unpaired) electrons. The van der Waals surface area contributed by atoms with Crippen molar-refractivity contribution in [2.45, 2.75) is 51.3 Å². The molecule has 7 nitrogen and oxygen atoms in total. The number of thiazole rings is 1. The van der Waals surface area contributed by atoms with E-state index in [1.165, 1.54) is 16.2 Å².